The van der Waals surface area contributed by atoms with Crippen LogP contribution in [0.5, 0.6) is 5.75 Å². The molecule has 2 aromatic rings. The fourth-order valence-electron chi connectivity index (χ4n) is 2.03. The van der Waals surface area contributed by atoms with Gasteiger partial charge in [-0.2, -0.15) is 0 Å². The Bertz CT molecular complexity index is 631. The molecule has 0 bridgehead atoms. The van der Waals surface area contributed by atoms with Gasteiger partial charge in [0.25, 0.3) is 0 Å². The second kappa shape index (κ2) is 7.75. The molecule has 116 valence electrons. The van der Waals surface area contributed by atoms with Crippen LogP contribution in [0.25, 0.3) is 0 Å². The molecule has 0 unspecified atom stereocenters. The third kappa shape index (κ3) is 4.70. The van der Waals surface area contributed by atoms with Crippen LogP contribution < -0.4 is 15.4 Å². The van der Waals surface area contributed by atoms with Crippen LogP contribution in [0.15, 0.2) is 48.5 Å². The molecule has 1 atom stereocenters. The molecule has 0 aliphatic carbocycles. The number of rotatable bonds is 5. The quantitative estimate of drug-likeness (QED) is 0.807. The molecule has 5 heteroatoms. The van der Waals surface area contributed by atoms with E-state index >= 15 is 0 Å². The van der Waals surface area contributed by atoms with Crippen LogP contribution >= 0.6 is 12.2 Å². The third-order valence-electron chi connectivity index (χ3n) is 3.12. The number of nitrogens with one attached hydrogen (secondary N) is 2. The predicted octanol–water partition coefficient (Wildman–Crippen LogP) is 4.27. The van der Waals surface area contributed by atoms with Crippen molar-refractivity contribution in [2.45, 2.75) is 19.9 Å². The highest BCUT2D eigenvalue weighted by Crippen LogP contribution is 2.18. The monoisotopic (exact) mass is 318 g/mol. The highest BCUT2D eigenvalue weighted by Gasteiger charge is 2.07. The van der Waals surface area contributed by atoms with Crippen LogP contribution in [0, 0.1) is 5.82 Å². The van der Waals surface area contributed by atoms with E-state index in [2.05, 4.69) is 10.6 Å². The Hall–Kier alpha value is -2.14. The Kier molecular flexibility index (Phi) is 5.72. The van der Waals surface area contributed by atoms with Crippen molar-refractivity contribution in [1.29, 1.82) is 0 Å². The summed E-state index contributed by atoms with van der Waals surface area (Å²) >= 11 is 5.31. The van der Waals surface area contributed by atoms with Gasteiger partial charge < -0.3 is 15.4 Å². The average molecular weight is 318 g/mol. The molecule has 0 saturated carbocycles. The van der Waals surface area contributed by atoms with Crippen molar-refractivity contribution in [3.05, 3.63) is 59.9 Å². The number of benzene rings is 2. The molecule has 22 heavy (non-hydrogen) atoms. The lowest BCUT2D eigenvalue weighted by atomic mass is 10.1. The minimum atomic E-state index is -0.246. The minimum Gasteiger partial charge on any atom is -0.494 e. The van der Waals surface area contributed by atoms with E-state index in [0.29, 0.717) is 11.7 Å². The molecule has 0 fully saturated rings. The maximum absolute atomic E-state index is 12.9. The van der Waals surface area contributed by atoms with Gasteiger partial charge in [0.2, 0.25) is 0 Å². The van der Waals surface area contributed by atoms with Gasteiger partial charge in [0, 0.05) is 11.8 Å². The number of hydrogen-bond acceptors (Lipinski definition) is 2. The zero-order valence-corrected chi connectivity index (χ0v) is 13.4. The van der Waals surface area contributed by atoms with E-state index in [0.717, 1.165) is 17.0 Å². The topological polar surface area (TPSA) is 33.3 Å². The van der Waals surface area contributed by atoms with Crippen LogP contribution in [-0.4, -0.2) is 11.7 Å². The summed E-state index contributed by atoms with van der Waals surface area (Å²) in [6, 6.07) is 13.9. The lowest BCUT2D eigenvalue weighted by Gasteiger charge is -2.17. The molecule has 0 radical (unpaired) electrons. The van der Waals surface area contributed by atoms with Crippen molar-refractivity contribution in [2.75, 3.05) is 11.9 Å². The van der Waals surface area contributed by atoms with Gasteiger partial charge in [-0.15, -0.1) is 0 Å². The highest BCUT2D eigenvalue weighted by atomic mass is 32.1. The number of thiocarbonyl (C=S) groups is 1. The normalized spacial score (nSPS) is 11.6. The van der Waals surface area contributed by atoms with Gasteiger partial charge in [0.05, 0.1) is 12.6 Å². The van der Waals surface area contributed by atoms with Gasteiger partial charge in [-0.25, -0.2) is 4.39 Å². The fraction of sp³-hybridized carbons (Fsp3) is 0.235. The van der Waals surface area contributed by atoms with Gasteiger partial charge in [-0.05, 0) is 55.9 Å². The largest absolute Gasteiger partial charge is 0.494 e. The van der Waals surface area contributed by atoms with Gasteiger partial charge >= 0.3 is 0 Å². The molecular formula is C17H19FN2OS. The second-order valence-electron chi connectivity index (χ2n) is 4.83. The van der Waals surface area contributed by atoms with E-state index in [1.807, 2.05) is 38.1 Å². The van der Waals surface area contributed by atoms with E-state index < -0.39 is 0 Å². The highest BCUT2D eigenvalue weighted by molar-refractivity contribution is 7.80. The van der Waals surface area contributed by atoms with E-state index in [-0.39, 0.29) is 11.9 Å². The van der Waals surface area contributed by atoms with Crippen LogP contribution in [0.1, 0.15) is 25.5 Å². The first-order valence-corrected chi connectivity index (χ1v) is 7.55. The number of halogens is 1. The summed E-state index contributed by atoms with van der Waals surface area (Å²) in [5.74, 6) is 0.547. The minimum absolute atomic E-state index is 0.0179. The lowest BCUT2D eigenvalue weighted by Crippen LogP contribution is -2.30. The van der Waals surface area contributed by atoms with Crippen LogP contribution in [0.3, 0.4) is 0 Å². The molecule has 0 amide bonds. The molecule has 2 N–H and O–H groups in total. The molecule has 0 aliphatic heterocycles. The average Bonchev–Trinajstić information content (AvgIpc) is 2.48. The molecule has 2 rings (SSSR count). The van der Waals surface area contributed by atoms with Gasteiger partial charge in [-0.1, -0.05) is 18.2 Å². The predicted molar refractivity (Wildman–Crippen MR) is 91.8 cm³/mol. The summed E-state index contributed by atoms with van der Waals surface area (Å²) in [4.78, 5) is 0. The maximum atomic E-state index is 12.9. The van der Waals surface area contributed by atoms with E-state index in [4.69, 9.17) is 17.0 Å². The maximum Gasteiger partial charge on any atom is 0.171 e. The van der Waals surface area contributed by atoms with Crippen molar-refractivity contribution in [2.24, 2.45) is 0 Å². The first kappa shape index (κ1) is 16.2. The van der Waals surface area contributed by atoms with E-state index in [9.17, 15) is 4.39 Å². The first-order chi connectivity index (χ1) is 10.6. The summed E-state index contributed by atoms with van der Waals surface area (Å²) < 4.78 is 18.4. The second-order valence-corrected chi connectivity index (χ2v) is 5.24. The summed E-state index contributed by atoms with van der Waals surface area (Å²) in [6.07, 6.45) is 0. The number of ether oxygens (including phenoxy) is 1. The Labute approximate surface area is 135 Å². The summed E-state index contributed by atoms with van der Waals surface area (Å²) in [5, 5.41) is 6.80. The molecule has 0 saturated heterocycles. The Morgan fingerprint density at radius 3 is 2.64 bits per heavy atom. The van der Waals surface area contributed by atoms with Crippen molar-refractivity contribution in [3.63, 3.8) is 0 Å². The van der Waals surface area contributed by atoms with Crippen molar-refractivity contribution < 1.29 is 9.13 Å². The van der Waals surface area contributed by atoms with Crippen LogP contribution in [0.4, 0.5) is 10.1 Å². The standard InChI is InChI=1S/C17H19FN2OS/c1-3-21-16-6-4-5-15(11-16)20-17(22)19-12(2)13-7-9-14(18)10-8-13/h4-12H,3H2,1-2H3,(H2,19,20,22)/t12-/m0/s1. The lowest BCUT2D eigenvalue weighted by molar-refractivity contribution is 0.340. The molecule has 0 spiro atoms. The molecule has 2 aromatic carbocycles. The van der Waals surface area contributed by atoms with Crippen LogP contribution in [0.2, 0.25) is 0 Å². The van der Waals surface area contributed by atoms with E-state index in [1.54, 1.807) is 12.1 Å². The SMILES string of the molecule is CCOc1cccc(NC(=S)N[C@@H](C)c2ccc(F)cc2)c1. The van der Waals surface area contributed by atoms with Gasteiger partial charge in [-0.3, -0.25) is 0 Å². The zero-order chi connectivity index (χ0) is 15.9. The molecule has 0 aromatic heterocycles. The number of hydrogen-bond donors (Lipinski definition) is 2. The van der Waals surface area contributed by atoms with Crippen molar-refractivity contribution >= 4 is 23.0 Å². The van der Waals surface area contributed by atoms with Crippen molar-refractivity contribution in [1.82, 2.24) is 5.32 Å². The summed E-state index contributed by atoms with van der Waals surface area (Å²) in [6.45, 7) is 4.53. The fourth-order valence-corrected chi connectivity index (χ4v) is 2.32. The van der Waals surface area contributed by atoms with Gasteiger partial charge in [0.15, 0.2) is 5.11 Å². The Balaban J connectivity index is 1.94. The zero-order valence-electron chi connectivity index (χ0n) is 12.6. The number of anilines is 1. The molecule has 0 heterocycles. The Morgan fingerprint density at radius 1 is 1.23 bits per heavy atom. The van der Waals surface area contributed by atoms with Crippen molar-refractivity contribution in [3.8, 4) is 5.75 Å². The molecule has 3 nitrogen and oxygen atoms in total. The Morgan fingerprint density at radius 2 is 1.95 bits per heavy atom. The molecular weight excluding hydrogens is 299 g/mol. The first-order valence-electron chi connectivity index (χ1n) is 7.14. The summed E-state index contributed by atoms with van der Waals surface area (Å²) in [7, 11) is 0. The third-order valence-corrected chi connectivity index (χ3v) is 3.34. The summed E-state index contributed by atoms with van der Waals surface area (Å²) in [5.41, 5.74) is 1.82. The van der Waals surface area contributed by atoms with Gasteiger partial charge in [0.1, 0.15) is 11.6 Å². The van der Waals surface area contributed by atoms with E-state index in [1.165, 1.54) is 12.1 Å². The molecule has 0 aliphatic rings. The smallest absolute Gasteiger partial charge is 0.171 e. The van der Waals surface area contributed by atoms with Crippen LogP contribution in [-0.2, 0) is 0 Å².